The Hall–Kier alpha value is -2.77. The molecule has 0 aliphatic carbocycles. The van der Waals surface area contributed by atoms with E-state index in [2.05, 4.69) is 23.9 Å². The van der Waals surface area contributed by atoms with Crippen LogP contribution in [0.5, 0.6) is 0 Å². The normalized spacial score (nSPS) is 11.4. The molecule has 0 spiro atoms. The second kappa shape index (κ2) is 9.58. The fourth-order valence-corrected chi connectivity index (χ4v) is 5.14. The molecule has 0 radical (unpaired) electrons. The topological polar surface area (TPSA) is 75.3 Å². The molecule has 162 valence electrons. The number of hydrogen-bond donors (Lipinski definition) is 2. The third kappa shape index (κ3) is 5.89. The summed E-state index contributed by atoms with van der Waals surface area (Å²) in [5.74, 6) is -0.229. The quantitative estimate of drug-likeness (QED) is 0.439. The van der Waals surface area contributed by atoms with Crippen LogP contribution in [0.3, 0.4) is 0 Å². The predicted octanol–water partition coefficient (Wildman–Crippen LogP) is 5.86. The first kappa shape index (κ1) is 22.9. The van der Waals surface area contributed by atoms with E-state index in [1.165, 1.54) is 12.1 Å². The second-order valence-corrected chi connectivity index (χ2v) is 10.9. The molecular formula is C24H26N2O3S2. The average molecular weight is 455 g/mol. The van der Waals surface area contributed by atoms with Gasteiger partial charge in [0.1, 0.15) is 0 Å². The smallest absolute Gasteiger partial charge is 0.261 e. The molecule has 2 N–H and O–H groups in total. The Labute approximate surface area is 188 Å². The summed E-state index contributed by atoms with van der Waals surface area (Å²) < 4.78 is 28.1. The second-order valence-electron chi connectivity index (χ2n) is 7.57. The molecule has 0 aromatic heterocycles. The third-order valence-corrected chi connectivity index (χ3v) is 7.01. The number of amides is 1. The highest BCUT2D eigenvalue weighted by Gasteiger charge is 2.17. The molecule has 0 unspecified atom stereocenters. The van der Waals surface area contributed by atoms with E-state index in [9.17, 15) is 13.2 Å². The van der Waals surface area contributed by atoms with Gasteiger partial charge in [0.05, 0.1) is 16.1 Å². The van der Waals surface area contributed by atoms with Crippen LogP contribution in [0.2, 0.25) is 0 Å². The van der Waals surface area contributed by atoms with Crippen molar-refractivity contribution in [1.82, 2.24) is 0 Å². The Kier molecular flexibility index (Phi) is 7.08. The molecule has 0 aliphatic heterocycles. The lowest BCUT2D eigenvalue weighted by molar-refractivity contribution is 0.102. The molecule has 31 heavy (non-hydrogen) atoms. The lowest BCUT2D eigenvalue weighted by atomic mass is 10.1. The Morgan fingerprint density at radius 1 is 0.935 bits per heavy atom. The first-order valence-electron chi connectivity index (χ1n) is 9.93. The monoisotopic (exact) mass is 454 g/mol. The zero-order chi connectivity index (χ0) is 22.6. The third-order valence-electron chi connectivity index (χ3n) is 4.54. The Morgan fingerprint density at radius 2 is 1.61 bits per heavy atom. The number of nitrogens with one attached hydrogen (secondary N) is 2. The number of carbonyl (C=O) groups excluding carboxylic acids is 1. The van der Waals surface area contributed by atoms with Crippen LogP contribution in [-0.2, 0) is 10.0 Å². The molecule has 3 rings (SSSR count). The van der Waals surface area contributed by atoms with Crippen molar-refractivity contribution in [3.63, 3.8) is 0 Å². The molecule has 5 nitrogen and oxygen atoms in total. The minimum Gasteiger partial charge on any atom is -0.322 e. The van der Waals surface area contributed by atoms with E-state index in [0.717, 1.165) is 16.0 Å². The summed E-state index contributed by atoms with van der Waals surface area (Å²) in [5, 5.41) is 3.20. The minimum atomic E-state index is -3.73. The molecule has 7 heteroatoms. The lowest BCUT2D eigenvalue weighted by Crippen LogP contribution is -2.15. The van der Waals surface area contributed by atoms with E-state index in [1.54, 1.807) is 36.0 Å². The Bertz CT molecular complexity index is 1190. The minimum absolute atomic E-state index is 0.126. The molecule has 3 aromatic rings. The summed E-state index contributed by atoms with van der Waals surface area (Å²) in [5.41, 5.74) is 3.58. The van der Waals surface area contributed by atoms with Crippen LogP contribution < -0.4 is 10.0 Å². The van der Waals surface area contributed by atoms with Gasteiger partial charge in [-0.05, 0) is 61.9 Å². The summed E-state index contributed by atoms with van der Waals surface area (Å²) in [7, 11) is -3.73. The van der Waals surface area contributed by atoms with Gasteiger partial charge < -0.3 is 5.32 Å². The van der Waals surface area contributed by atoms with Crippen molar-refractivity contribution in [3.05, 3.63) is 83.4 Å². The zero-order valence-corrected chi connectivity index (χ0v) is 19.6. The fraction of sp³-hybridized carbons (Fsp3) is 0.208. The van der Waals surface area contributed by atoms with Gasteiger partial charge in [-0.15, -0.1) is 11.8 Å². The van der Waals surface area contributed by atoms with Gasteiger partial charge in [0.15, 0.2) is 0 Å². The summed E-state index contributed by atoms with van der Waals surface area (Å²) in [6, 6.07) is 19.1. The van der Waals surface area contributed by atoms with Crippen molar-refractivity contribution < 1.29 is 13.2 Å². The van der Waals surface area contributed by atoms with Crippen molar-refractivity contribution in [2.45, 2.75) is 42.7 Å². The number of anilines is 2. The standard InChI is InChI=1S/C24H26N2O3S2/c1-16(2)30-23-8-6-5-7-21(23)24(27)25-19-10-12-20(13-11-19)31(28,29)26-22-14-9-17(3)15-18(22)4/h5-16,26H,1-4H3,(H,25,27). The maximum Gasteiger partial charge on any atom is 0.261 e. The maximum absolute atomic E-state index is 12.7. The van der Waals surface area contributed by atoms with Gasteiger partial charge >= 0.3 is 0 Å². The lowest BCUT2D eigenvalue weighted by Gasteiger charge is -2.13. The molecule has 0 heterocycles. The van der Waals surface area contributed by atoms with Crippen molar-refractivity contribution in [3.8, 4) is 0 Å². The number of hydrogen-bond acceptors (Lipinski definition) is 4. The molecule has 0 saturated carbocycles. The van der Waals surface area contributed by atoms with E-state index < -0.39 is 10.0 Å². The average Bonchev–Trinajstić information content (AvgIpc) is 2.70. The first-order chi connectivity index (χ1) is 14.7. The SMILES string of the molecule is Cc1ccc(NS(=O)(=O)c2ccc(NC(=O)c3ccccc3SC(C)C)cc2)c(C)c1. The molecular weight excluding hydrogens is 428 g/mol. The molecule has 0 bridgehead atoms. The molecule has 1 amide bonds. The van der Waals surface area contributed by atoms with E-state index in [0.29, 0.717) is 22.2 Å². The van der Waals surface area contributed by atoms with Gasteiger partial charge in [-0.1, -0.05) is 43.7 Å². The van der Waals surface area contributed by atoms with Crippen LogP contribution in [0, 0.1) is 13.8 Å². The van der Waals surface area contributed by atoms with Crippen LogP contribution in [0.25, 0.3) is 0 Å². The highest BCUT2D eigenvalue weighted by atomic mass is 32.2. The van der Waals surface area contributed by atoms with Gasteiger partial charge in [0.2, 0.25) is 0 Å². The number of sulfonamides is 1. The van der Waals surface area contributed by atoms with Crippen LogP contribution >= 0.6 is 11.8 Å². The summed E-state index contributed by atoms with van der Waals surface area (Å²) in [6.45, 7) is 7.96. The van der Waals surface area contributed by atoms with Crippen molar-refractivity contribution in [2.24, 2.45) is 0 Å². The van der Waals surface area contributed by atoms with Gasteiger partial charge in [0.25, 0.3) is 15.9 Å². The predicted molar refractivity (Wildman–Crippen MR) is 129 cm³/mol. The summed E-state index contributed by atoms with van der Waals surface area (Å²) in [6.07, 6.45) is 0. The fourth-order valence-electron chi connectivity index (χ4n) is 3.06. The molecule has 0 saturated heterocycles. The Balaban J connectivity index is 1.75. The molecule has 0 atom stereocenters. The van der Waals surface area contributed by atoms with Gasteiger partial charge in [0, 0.05) is 15.8 Å². The zero-order valence-electron chi connectivity index (χ0n) is 18.0. The van der Waals surface area contributed by atoms with Gasteiger partial charge in [-0.25, -0.2) is 8.42 Å². The van der Waals surface area contributed by atoms with Crippen LogP contribution in [0.15, 0.2) is 76.5 Å². The van der Waals surface area contributed by atoms with E-state index >= 15 is 0 Å². The highest BCUT2D eigenvalue weighted by Crippen LogP contribution is 2.27. The van der Waals surface area contributed by atoms with Crippen molar-refractivity contribution in [1.29, 1.82) is 0 Å². The molecule has 0 fully saturated rings. The number of carbonyl (C=O) groups is 1. The van der Waals surface area contributed by atoms with Crippen molar-refractivity contribution in [2.75, 3.05) is 10.0 Å². The van der Waals surface area contributed by atoms with Crippen LogP contribution in [0.4, 0.5) is 11.4 Å². The summed E-state index contributed by atoms with van der Waals surface area (Å²) in [4.78, 5) is 13.8. The number of rotatable bonds is 7. The molecule has 3 aromatic carbocycles. The maximum atomic E-state index is 12.7. The van der Waals surface area contributed by atoms with Crippen LogP contribution in [-0.4, -0.2) is 19.6 Å². The number of aryl methyl sites for hydroxylation is 2. The van der Waals surface area contributed by atoms with E-state index in [1.807, 2.05) is 44.2 Å². The Morgan fingerprint density at radius 3 is 2.26 bits per heavy atom. The van der Waals surface area contributed by atoms with E-state index in [4.69, 9.17) is 0 Å². The summed E-state index contributed by atoms with van der Waals surface area (Å²) >= 11 is 1.62. The van der Waals surface area contributed by atoms with E-state index in [-0.39, 0.29) is 10.8 Å². The van der Waals surface area contributed by atoms with Crippen LogP contribution in [0.1, 0.15) is 35.3 Å². The highest BCUT2D eigenvalue weighted by molar-refractivity contribution is 8.00. The number of benzene rings is 3. The first-order valence-corrected chi connectivity index (χ1v) is 12.3. The van der Waals surface area contributed by atoms with Gasteiger partial charge in [-0.2, -0.15) is 0 Å². The largest absolute Gasteiger partial charge is 0.322 e. The molecule has 0 aliphatic rings. The number of thioether (sulfide) groups is 1. The van der Waals surface area contributed by atoms with Gasteiger partial charge in [-0.3, -0.25) is 9.52 Å². The van der Waals surface area contributed by atoms with Crippen molar-refractivity contribution >= 4 is 39.1 Å².